The van der Waals surface area contributed by atoms with Gasteiger partial charge in [-0.15, -0.1) is 0 Å². The summed E-state index contributed by atoms with van der Waals surface area (Å²) in [6.07, 6.45) is -0.0373. The molecule has 0 bridgehead atoms. The predicted octanol–water partition coefficient (Wildman–Crippen LogP) is 3.71. The number of anilines is 2. The minimum atomic E-state index is -1.65. The van der Waals surface area contributed by atoms with Crippen LogP contribution in [0.5, 0.6) is 0 Å². The molecule has 3 rings (SSSR count). The lowest BCUT2D eigenvalue weighted by Gasteiger charge is -2.19. The number of nitrogens with one attached hydrogen (secondary N) is 1. The van der Waals surface area contributed by atoms with E-state index < -0.39 is 35.0 Å². The van der Waals surface area contributed by atoms with Crippen LogP contribution in [-0.2, 0) is 9.59 Å². The summed E-state index contributed by atoms with van der Waals surface area (Å²) in [6, 6.07) is 7.31. The highest BCUT2D eigenvalue weighted by atomic mass is 19.2. The minimum absolute atomic E-state index is 0.0373. The molecule has 1 N–H and O–H groups in total. The van der Waals surface area contributed by atoms with Crippen LogP contribution in [0.2, 0.25) is 0 Å². The second-order valence-electron chi connectivity index (χ2n) is 6.41. The van der Waals surface area contributed by atoms with Crippen molar-refractivity contribution in [3.05, 3.63) is 58.9 Å². The number of amides is 2. The predicted molar refractivity (Wildman–Crippen MR) is 91.3 cm³/mol. The maximum atomic E-state index is 13.7. The van der Waals surface area contributed by atoms with E-state index >= 15 is 0 Å². The monoisotopic (exact) mass is 362 g/mol. The largest absolute Gasteiger partial charge is 0.323 e. The van der Waals surface area contributed by atoms with Crippen molar-refractivity contribution in [1.82, 2.24) is 0 Å². The Balaban J connectivity index is 1.76. The maximum absolute atomic E-state index is 13.7. The highest BCUT2D eigenvalue weighted by molar-refractivity contribution is 6.03. The van der Waals surface area contributed by atoms with Crippen LogP contribution in [0.15, 0.2) is 30.3 Å². The van der Waals surface area contributed by atoms with Gasteiger partial charge in [-0.05, 0) is 37.6 Å². The summed E-state index contributed by atoms with van der Waals surface area (Å²) >= 11 is 0. The summed E-state index contributed by atoms with van der Waals surface area (Å²) in [5, 5.41) is 2.24. The van der Waals surface area contributed by atoms with Gasteiger partial charge in [-0.25, -0.2) is 13.2 Å². The first kappa shape index (κ1) is 18.0. The number of rotatable bonds is 3. The standard InChI is InChI=1S/C19H17F3N2O2/c1-10-3-6-15(11(2)7-10)24-9-12(8-16(24)25)19(26)23-14-5-4-13(20)17(21)18(14)22/h3-7,12H,8-9H2,1-2H3,(H,23,26). The summed E-state index contributed by atoms with van der Waals surface area (Å²) in [4.78, 5) is 26.2. The van der Waals surface area contributed by atoms with Crippen LogP contribution in [0.25, 0.3) is 0 Å². The zero-order valence-corrected chi connectivity index (χ0v) is 14.3. The van der Waals surface area contributed by atoms with Crippen molar-refractivity contribution in [2.75, 3.05) is 16.8 Å². The van der Waals surface area contributed by atoms with Gasteiger partial charge in [0.1, 0.15) is 0 Å². The summed E-state index contributed by atoms with van der Waals surface area (Å²) in [5.74, 6) is -6.00. The first-order valence-electron chi connectivity index (χ1n) is 8.10. The maximum Gasteiger partial charge on any atom is 0.229 e. The molecule has 0 radical (unpaired) electrons. The third kappa shape index (κ3) is 3.29. The van der Waals surface area contributed by atoms with Crippen LogP contribution in [0.3, 0.4) is 0 Å². The van der Waals surface area contributed by atoms with Crippen LogP contribution in [0.1, 0.15) is 17.5 Å². The molecule has 1 heterocycles. The Morgan fingerprint density at radius 3 is 2.54 bits per heavy atom. The molecule has 1 saturated heterocycles. The lowest BCUT2D eigenvalue weighted by molar-refractivity contribution is -0.122. The molecule has 4 nitrogen and oxygen atoms in total. The van der Waals surface area contributed by atoms with Gasteiger partial charge >= 0.3 is 0 Å². The third-order valence-electron chi connectivity index (χ3n) is 4.43. The number of carbonyl (C=O) groups is 2. The number of nitrogens with zero attached hydrogens (tertiary/aromatic N) is 1. The molecule has 7 heteroatoms. The Bertz CT molecular complexity index is 899. The molecule has 0 aliphatic carbocycles. The fraction of sp³-hybridized carbons (Fsp3) is 0.263. The van der Waals surface area contributed by atoms with E-state index in [-0.39, 0.29) is 18.9 Å². The number of carbonyl (C=O) groups excluding carboxylic acids is 2. The summed E-state index contributed by atoms with van der Waals surface area (Å²) in [7, 11) is 0. The summed E-state index contributed by atoms with van der Waals surface area (Å²) in [5.41, 5.74) is 2.23. The molecule has 0 spiro atoms. The van der Waals surface area contributed by atoms with Gasteiger partial charge in [-0.1, -0.05) is 17.7 Å². The molecule has 1 atom stereocenters. The van der Waals surface area contributed by atoms with Crippen LogP contribution in [0, 0.1) is 37.2 Å². The van der Waals surface area contributed by atoms with Gasteiger partial charge < -0.3 is 10.2 Å². The molecule has 1 fully saturated rings. The lowest BCUT2D eigenvalue weighted by atomic mass is 10.1. The van der Waals surface area contributed by atoms with Gasteiger partial charge in [0.15, 0.2) is 17.5 Å². The van der Waals surface area contributed by atoms with Crippen molar-refractivity contribution in [2.24, 2.45) is 5.92 Å². The topological polar surface area (TPSA) is 49.4 Å². The molecule has 1 unspecified atom stereocenters. The van der Waals surface area contributed by atoms with E-state index in [1.807, 2.05) is 32.0 Å². The molecular weight excluding hydrogens is 345 g/mol. The van der Waals surface area contributed by atoms with Crippen molar-refractivity contribution >= 4 is 23.2 Å². The van der Waals surface area contributed by atoms with Crippen molar-refractivity contribution < 1.29 is 22.8 Å². The Morgan fingerprint density at radius 1 is 1.12 bits per heavy atom. The van der Waals surface area contributed by atoms with E-state index in [1.165, 1.54) is 4.90 Å². The number of hydrogen-bond acceptors (Lipinski definition) is 2. The quantitative estimate of drug-likeness (QED) is 0.847. The van der Waals surface area contributed by atoms with Crippen molar-refractivity contribution in [3.63, 3.8) is 0 Å². The molecule has 26 heavy (non-hydrogen) atoms. The van der Waals surface area contributed by atoms with E-state index in [2.05, 4.69) is 5.32 Å². The fourth-order valence-corrected chi connectivity index (χ4v) is 3.08. The van der Waals surface area contributed by atoms with E-state index in [0.717, 1.165) is 28.9 Å². The highest BCUT2D eigenvalue weighted by Gasteiger charge is 2.36. The molecular formula is C19H17F3N2O2. The minimum Gasteiger partial charge on any atom is -0.323 e. The Hall–Kier alpha value is -2.83. The zero-order chi connectivity index (χ0) is 19.0. The average Bonchev–Trinajstić information content (AvgIpc) is 2.97. The van der Waals surface area contributed by atoms with Gasteiger partial charge in [0.05, 0.1) is 11.6 Å². The van der Waals surface area contributed by atoms with E-state index in [9.17, 15) is 22.8 Å². The molecule has 136 valence electrons. The smallest absolute Gasteiger partial charge is 0.229 e. The molecule has 1 aliphatic rings. The Morgan fingerprint density at radius 2 is 1.85 bits per heavy atom. The fourth-order valence-electron chi connectivity index (χ4n) is 3.08. The first-order valence-corrected chi connectivity index (χ1v) is 8.10. The number of halogens is 3. The van der Waals surface area contributed by atoms with Crippen LogP contribution < -0.4 is 10.2 Å². The normalized spacial score (nSPS) is 16.9. The Labute approximate surface area is 148 Å². The van der Waals surface area contributed by atoms with E-state index in [0.29, 0.717) is 0 Å². The SMILES string of the molecule is Cc1ccc(N2CC(C(=O)Nc3ccc(F)c(F)c3F)CC2=O)c(C)c1. The van der Waals surface area contributed by atoms with Crippen LogP contribution >= 0.6 is 0 Å². The lowest BCUT2D eigenvalue weighted by Crippen LogP contribution is -2.28. The third-order valence-corrected chi connectivity index (χ3v) is 4.43. The average molecular weight is 362 g/mol. The zero-order valence-electron chi connectivity index (χ0n) is 14.3. The van der Waals surface area contributed by atoms with Gasteiger partial charge in [0.25, 0.3) is 0 Å². The van der Waals surface area contributed by atoms with Crippen molar-refractivity contribution in [2.45, 2.75) is 20.3 Å². The molecule has 2 aromatic rings. The first-order chi connectivity index (χ1) is 12.3. The van der Waals surface area contributed by atoms with E-state index in [1.54, 1.807) is 0 Å². The Kier molecular flexibility index (Phi) is 4.71. The van der Waals surface area contributed by atoms with Gasteiger partial charge in [0.2, 0.25) is 11.8 Å². The highest BCUT2D eigenvalue weighted by Crippen LogP contribution is 2.29. The van der Waals surface area contributed by atoms with Gasteiger partial charge in [-0.2, -0.15) is 0 Å². The van der Waals surface area contributed by atoms with Crippen molar-refractivity contribution in [1.29, 1.82) is 0 Å². The second kappa shape index (κ2) is 6.82. The van der Waals surface area contributed by atoms with Gasteiger partial charge in [0, 0.05) is 18.7 Å². The van der Waals surface area contributed by atoms with Crippen LogP contribution in [-0.4, -0.2) is 18.4 Å². The summed E-state index contributed by atoms with van der Waals surface area (Å²) in [6.45, 7) is 3.95. The van der Waals surface area contributed by atoms with Crippen molar-refractivity contribution in [3.8, 4) is 0 Å². The van der Waals surface area contributed by atoms with Gasteiger partial charge in [-0.3, -0.25) is 9.59 Å². The number of hydrogen-bond donors (Lipinski definition) is 1. The molecule has 2 amide bonds. The molecule has 2 aromatic carbocycles. The molecule has 0 saturated carbocycles. The second-order valence-corrected chi connectivity index (χ2v) is 6.41. The number of aryl methyl sites for hydroxylation is 2. The molecule has 0 aromatic heterocycles. The number of benzene rings is 2. The van der Waals surface area contributed by atoms with E-state index in [4.69, 9.17) is 0 Å². The molecule has 1 aliphatic heterocycles. The van der Waals surface area contributed by atoms with Crippen LogP contribution in [0.4, 0.5) is 24.5 Å². The summed E-state index contributed by atoms with van der Waals surface area (Å²) < 4.78 is 40.0.